The van der Waals surface area contributed by atoms with E-state index in [-0.39, 0.29) is 6.61 Å². The third kappa shape index (κ3) is 3.62. The molecule has 0 atom stereocenters. The Morgan fingerprint density at radius 1 is 1.39 bits per heavy atom. The molecule has 0 unspecified atom stereocenters. The van der Waals surface area contributed by atoms with Gasteiger partial charge in [0.05, 0.1) is 12.7 Å². The van der Waals surface area contributed by atoms with Gasteiger partial charge >= 0.3 is 0 Å². The van der Waals surface area contributed by atoms with Gasteiger partial charge in [0.2, 0.25) is 0 Å². The van der Waals surface area contributed by atoms with Gasteiger partial charge in [-0.3, -0.25) is 0 Å². The molecule has 0 aliphatic carbocycles. The van der Waals surface area contributed by atoms with Gasteiger partial charge in [0, 0.05) is 5.69 Å². The van der Waals surface area contributed by atoms with Crippen molar-refractivity contribution in [2.75, 3.05) is 11.9 Å². The zero-order valence-corrected chi connectivity index (χ0v) is 11.0. The molecule has 1 aromatic carbocycles. The maximum atomic E-state index is 8.39. The monoisotopic (exact) mass is 279 g/mol. The van der Waals surface area contributed by atoms with Crippen molar-refractivity contribution in [3.05, 3.63) is 39.8 Å². The Balaban J connectivity index is 1.88. The Labute approximate surface area is 114 Å². The Hall–Kier alpha value is -1.77. The summed E-state index contributed by atoms with van der Waals surface area (Å²) in [5, 5.41) is 12.6. The van der Waals surface area contributed by atoms with Crippen LogP contribution in [0.1, 0.15) is 5.01 Å². The molecule has 1 aromatic heterocycles. The summed E-state index contributed by atoms with van der Waals surface area (Å²) in [6, 6.07) is 9.33. The number of nitriles is 1. The van der Waals surface area contributed by atoms with Gasteiger partial charge in [-0.05, 0) is 24.3 Å². The van der Waals surface area contributed by atoms with E-state index in [0.717, 1.165) is 10.7 Å². The van der Waals surface area contributed by atoms with E-state index < -0.39 is 0 Å². The van der Waals surface area contributed by atoms with Crippen LogP contribution in [0.3, 0.4) is 0 Å². The molecule has 1 N–H and O–H groups in total. The smallest absolute Gasteiger partial charge is 0.174 e. The quantitative estimate of drug-likeness (QED) is 0.912. The third-order valence-electron chi connectivity index (χ3n) is 2.13. The van der Waals surface area contributed by atoms with Gasteiger partial charge in [0.25, 0.3) is 0 Å². The number of hydrogen-bond donors (Lipinski definition) is 1. The maximum absolute atomic E-state index is 8.39. The van der Waals surface area contributed by atoms with Gasteiger partial charge in [-0.15, -0.1) is 11.3 Å². The second-order valence-electron chi connectivity index (χ2n) is 3.38. The first-order valence-electron chi connectivity index (χ1n) is 5.22. The summed E-state index contributed by atoms with van der Waals surface area (Å²) in [6.07, 6.45) is 1.64. The number of thiazole rings is 1. The number of aromatic nitrogens is 1. The summed E-state index contributed by atoms with van der Waals surface area (Å²) >= 11 is 7.25. The fourth-order valence-corrected chi connectivity index (χ4v) is 2.23. The Bertz CT molecular complexity index is 547. The van der Waals surface area contributed by atoms with E-state index in [2.05, 4.69) is 10.3 Å². The lowest BCUT2D eigenvalue weighted by Crippen LogP contribution is -1.99. The molecule has 0 fully saturated rings. The Morgan fingerprint density at radius 2 is 2.17 bits per heavy atom. The fourth-order valence-electron chi connectivity index (χ4n) is 1.33. The Kier molecular flexibility index (Phi) is 4.40. The fraction of sp³-hybridized carbons (Fsp3) is 0.167. The lowest BCUT2D eigenvalue weighted by Gasteiger charge is -2.05. The van der Waals surface area contributed by atoms with Gasteiger partial charge in [-0.25, -0.2) is 4.98 Å². The van der Waals surface area contributed by atoms with E-state index in [1.54, 1.807) is 6.20 Å². The van der Waals surface area contributed by atoms with Crippen molar-refractivity contribution in [3.8, 4) is 11.8 Å². The van der Waals surface area contributed by atoms with Crippen LogP contribution in [0.15, 0.2) is 30.5 Å². The van der Waals surface area contributed by atoms with Gasteiger partial charge < -0.3 is 10.1 Å². The van der Waals surface area contributed by atoms with Crippen LogP contribution in [0.5, 0.6) is 5.75 Å². The lowest BCUT2D eigenvalue weighted by atomic mass is 10.3. The molecule has 0 saturated heterocycles. The first-order chi connectivity index (χ1) is 8.78. The van der Waals surface area contributed by atoms with Crippen molar-refractivity contribution in [2.24, 2.45) is 0 Å². The maximum Gasteiger partial charge on any atom is 0.174 e. The normalized spacial score (nSPS) is 9.78. The van der Waals surface area contributed by atoms with Crippen molar-refractivity contribution in [3.63, 3.8) is 0 Å². The second kappa shape index (κ2) is 6.24. The van der Waals surface area contributed by atoms with E-state index in [4.69, 9.17) is 21.6 Å². The molecular formula is C12H10ClN3OS. The van der Waals surface area contributed by atoms with Gasteiger partial charge in [0.1, 0.15) is 21.2 Å². The molecular weight excluding hydrogens is 270 g/mol. The molecule has 1 heterocycles. The number of rotatable bonds is 5. The summed E-state index contributed by atoms with van der Waals surface area (Å²) in [4.78, 5) is 4.15. The SMILES string of the molecule is N#CCOc1ccc(NCc2ncc(Cl)s2)cc1. The highest BCUT2D eigenvalue weighted by Gasteiger charge is 2.00. The molecule has 0 amide bonds. The molecule has 18 heavy (non-hydrogen) atoms. The molecule has 0 spiro atoms. The zero-order valence-electron chi connectivity index (χ0n) is 9.39. The molecule has 2 rings (SSSR count). The van der Waals surface area contributed by atoms with Crippen LogP contribution in [0.25, 0.3) is 0 Å². The number of benzene rings is 1. The van der Waals surface area contributed by atoms with Crippen LogP contribution in [-0.4, -0.2) is 11.6 Å². The highest BCUT2D eigenvalue weighted by atomic mass is 35.5. The van der Waals surface area contributed by atoms with Crippen LogP contribution >= 0.6 is 22.9 Å². The van der Waals surface area contributed by atoms with E-state index in [1.807, 2.05) is 30.3 Å². The van der Waals surface area contributed by atoms with E-state index in [0.29, 0.717) is 16.6 Å². The minimum atomic E-state index is 0.0599. The minimum Gasteiger partial charge on any atom is -0.479 e. The number of anilines is 1. The van der Waals surface area contributed by atoms with Crippen LogP contribution in [-0.2, 0) is 6.54 Å². The zero-order chi connectivity index (χ0) is 12.8. The first kappa shape index (κ1) is 12.7. The molecule has 0 radical (unpaired) electrons. The average Bonchev–Trinajstić information content (AvgIpc) is 2.81. The molecule has 0 bridgehead atoms. The molecule has 92 valence electrons. The molecule has 0 aliphatic heterocycles. The van der Waals surface area contributed by atoms with Crippen molar-refractivity contribution in [1.82, 2.24) is 4.98 Å². The van der Waals surface area contributed by atoms with E-state index in [9.17, 15) is 0 Å². The molecule has 4 nitrogen and oxygen atoms in total. The highest BCUT2D eigenvalue weighted by Crippen LogP contribution is 2.20. The topological polar surface area (TPSA) is 57.9 Å². The lowest BCUT2D eigenvalue weighted by molar-refractivity contribution is 0.368. The summed E-state index contributed by atoms with van der Waals surface area (Å²) < 4.78 is 5.85. The predicted molar refractivity (Wildman–Crippen MR) is 72.0 cm³/mol. The number of nitrogens with one attached hydrogen (secondary N) is 1. The number of nitrogens with zero attached hydrogens (tertiary/aromatic N) is 2. The van der Waals surface area contributed by atoms with Crippen LogP contribution in [0, 0.1) is 11.3 Å². The van der Waals surface area contributed by atoms with Gasteiger partial charge in [0.15, 0.2) is 6.61 Å². The third-order valence-corrected chi connectivity index (χ3v) is 3.24. The van der Waals surface area contributed by atoms with Gasteiger partial charge in [-0.1, -0.05) is 11.6 Å². The Morgan fingerprint density at radius 3 is 2.78 bits per heavy atom. The van der Waals surface area contributed by atoms with Crippen molar-refractivity contribution >= 4 is 28.6 Å². The number of hydrogen-bond acceptors (Lipinski definition) is 5. The van der Waals surface area contributed by atoms with Crippen LogP contribution < -0.4 is 10.1 Å². The van der Waals surface area contributed by atoms with Crippen molar-refractivity contribution in [2.45, 2.75) is 6.54 Å². The largest absolute Gasteiger partial charge is 0.479 e. The van der Waals surface area contributed by atoms with Crippen molar-refractivity contribution in [1.29, 1.82) is 5.26 Å². The van der Waals surface area contributed by atoms with Crippen molar-refractivity contribution < 1.29 is 4.74 Å². The van der Waals surface area contributed by atoms with E-state index >= 15 is 0 Å². The molecule has 0 saturated carbocycles. The standard InChI is InChI=1S/C12H10ClN3OS/c13-11-7-16-12(18-11)8-15-9-1-3-10(4-2-9)17-6-5-14/h1-4,7,15H,6,8H2. The number of halogens is 1. The minimum absolute atomic E-state index is 0.0599. The molecule has 2 aromatic rings. The number of ether oxygens (including phenoxy) is 1. The summed E-state index contributed by atoms with van der Waals surface area (Å²) in [5.74, 6) is 0.680. The molecule has 6 heteroatoms. The van der Waals surface area contributed by atoms with Crippen LogP contribution in [0.4, 0.5) is 5.69 Å². The predicted octanol–water partition coefficient (Wildman–Crippen LogP) is 3.31. The van der Waals surface area contributed by atoms with E-state index in [1.165, 1.54) is 11.3 Å². The highest BCUT2D eigenvalue weighted by molar-refractivity contribution is 7.15. The second-order valence-corrected chi connectivity index (χ2v) is 5.13. The average molecular weight is 280 g/mol. The summed E-state index contributed by atoms with van der Waals surface area (Å²) in [7, 11) is 0. The summed E-state index contributed by atoms with van der Waals surface area (Å²) in [6.45, 7) is 0.695. The van der Waals surface area contributed by atoms with Gasteiger partial charge in [-0.2, -0.15) is 5.26 Å². The molecule has 0 aliphatic rings. The van der Waals surface area contributed by atoms with Crippen LogP contribution in [0.2, 0.25) is 4.34 Å². The first-order valence-corrected chi connectivity index (χ1v) is 6.41. The summed E-state index contributed by atoms with van der Waals surface area (Å²) in [5.41, 5.74) is 0.964.